The van der Waals surface area contributed by atoms with Crippen LogP contribution in [0, 0.1) is 0 Å². The second-order valence-corrected chi connectivity index (χ2v) is 3.29. The number of benzene rings is 1. The minimum atomic E-state index is -4.58. The summed E-state index contributed by atoms with van der Waals surface area (Å²) in [4.78, 5) is 0. The van der Waals surface area contributed by atoms with Gasteiger partial charge in [0.25, 0.3) is 0 Å². The van der Waals surface area contributed by atoms with Crippen molar-refractivity contribution in [3.63, 3.8) is 0 Å². The molecular formula is C10H13ClF3NO3. The van der Waals surface area contributed by atoms with Gasteiger partial charge in [-0.05, 0) is 17.7 Å². The van der Waals surface area contributed by atoms with E-state index in [0.29, 0.717) is 0 Å². The van der Waals surface area contributed by atoms with E-state index in [-0.39, 0.29) is 35.2 Å². The summed E-state index contributed by atoms with van der Waals surface area (Å²) >= 11 is 0. The highest BCUT2D eigenvalue weighted by Gasteiger charge is 2.38. The molecule has 0 aliphatic rings. The predicted octanol–water partition coefficient (Wildman–Crippen LogP) is 2.39. The van der Waals surface area contributed by atoms with Gasteiger partial charge < -0.3 is 20.3 Å². The standard InChI is InChI=1S/C10H12F3NO3.ClH/c1-16-6-3-5(9(14)10(11,12)13)4-7(17-2)8(6)15;/h3-4,9,15H,14H2,1-2H3;1H/t9-;/m0./s1. The summed E-state index contributed by atoms with van der Waals surface area (Å²) in [7, 11) is 2.44. The number of phenolic OH excluding ortho intramolecular Hbond substituents is 1. The van der Waals surface area contributed by atoms with Crippen molar-refractivity contribution in [1.82, 2.24) is 0 Å². The van der Waals surface area contributed by atoms with Crippen LogP contribution in [0.25, 0.3) is 0 Å². The summed E-state index contributed by atoms with van der Waals surface area (Å²) in [5.41, 5.74) is 4.81. The molecule has 1 aromatic rings. The largest absolute Gasteiger partial charge is 0.502 e. The number of aromatic hydroxyl groups is 1. The first kappa shape index (κ1) is 16.7. The molecule has 8 heteroatoms. The Labute approximate surface area is 108 Å². The third-order valence-electron chi connectivity index (χ3n) is 2.21. The lowest BCUT2D eigenvalue weighted by molar-refractivity contribution is -0.149. The van der Waals surface area contributed by atoms with Crippen molar-refractivity contribution in [2.75, 3.05) is 14.2 Å². The maximum absolute atomic E-state index is 12.4. The van der Waals surface area contributed by atoms with Gasteiger partial charge in [0.05, 0.1) is 14.2 Å². The van der Waals surface area contributed by atoms with Gasteiger partial charge in [-0.25, -0.2) is 0 Å². The normalized spacial score (nSPS) is 12.6. The summed E-state index contributed by atoms with van der Waals surface area (Å²) in [6.07, 6.45) is -4.58. The average molecular weight is 288 g/mol. The number of ether oxygens (including phenoxy) is 2. The van der Waals surface area contributed by atoms with E-state index in [9.17, 15) is 18.3 Å². The number of methoxy groups -OCH3 is 2. The quantitative estimate of drug-likeness (QED) is 0.896. The van der Waals surface area contributed by atoms with E-state index >= 15 is 0 Å². The zero-order chi connectivity index (χ0) is 13.2. The van der Waals surface area contributed by atoms with Gasteiger partial charge in [0.2, 0.25) is 5.75 Å². The summed E-state index contributed by atoms with van der Waals surface area (Å²) in [5.74, 6) is -0.619. The van der Waals surface area contributed by atoms with Crippen LogP contribution >= 0.6 is 12.4 Å². The third-order valence-corrected chi connectivity index (χ3v) is 2.21. The topological polar surface area (TPSA) is 64.7 Å². The average Bonchev–Trinajstić information content (AvgIpc) is 2.27. The van der Waals surface area contributed by atoms with Crippen LogP contribution in [-0.4, -0.2) is 25.5 Å². The SMILES string of the molecule is COc1cc([C@H](N)C(F)(F)F)cc(OC)c1O.Cl. The van der Waals surface area contributed by atoms with E-state index in [1.54, 1.807) is 0 Å². The number of phenols is 1. The zero-order valence-electron chi connectivity index (χ0n) is 9.62. The zero-order valence-corrected chi connectivity index (χ0v) is 10.4. The second kappa shape index (κ2) is 6.01. The Kier molecular flexibility index (Phi) is 5.56. The third kappa shape index (κ3) is 3.33. The maximum atomic E-state index is 12.4. The number of nitrogens with two attached hydrogens (primary N) is 1. The molecular weight excluding hydrogens is 275 g/mol. The molecule has 0 heterocycles. The highest BCUT2D eigenvalue weighted by molar-refractivity contribution is 5.85. The van der Waals surface area contributed by atoms with Gasteiger partial charge in [-0.2, -0.15) is 13.2 Å². The first-order valence-corrected chi connectivity index (χ1v) is 4.58. The van der Waals surface area contributed by atoms with E-state index in [0.717, 1.165) is 12.1 Å². The van der Waals surface area contributed by atoms with Gasteiger partial charge in [0.15, 0.2) is 11.5 Å². The molecule has 0 unspecified atom stereocenters. The highest BCUT2D eigenvalue weighted by Crippen LogP contribution is 2.41. The van der Waals surface area contributed by atoms with Crippen molar-refractivity contribution in [3.8, 4) is 17.2 Å². The molecule has 0 aliphatic heterocycles. The summed E-state index contributed by atoms with van der Waals surface area (Å²) < 4.78 is 46.8. The van der Waals surface area contributed by atoms with E-state index in [1.807, 2.05) is 0 Å². The van der Waals surface area contributed by atoms with Gasteiger partial charge >= 0.3 is 6.18 Å². The van der Waals surface area contributed by atoms with Crippen LogP contribution in [0.15, 0.2) is 12.1 Å². The van der Waals surface area contributed by atoms with Gasteiger partial charge in [-0.3, -0.25) is 0 Å². The Morgan fingerprint density at radius 1 is 1.17 bits per heavy atom. The highest BCUT2D eigenvalue weighted by atomic mass is 35.5. The Bertz CT molecular complexity index is 387. The molecule has 0 aliphatic carbocycles. The lowest BCUT2D eigenvalue weighted by atomic mass is 10.1. The molecule has 3 N–H and O–H groups in total. The van der Waals surface area contributed by atoms with Crippen molar-refractivity contribution < 1.29 is 27.8 Å². The van der Waals surface area contributed by atoms with Crippen LogP contribution < -0.4 is 15.2 Å². The fourth-order valence-corrected chi connectivity index (χ4v) is 1.28. The van der Waals surface area contributed by atoms with Gasteiger partial charge in [-0.15, -0.1) is 12.4 Å². The molecule has 1 atom stereocenters. The van der Waals surface area contributed by atoms with Crippen molar-refractivity contribution in [3.05, 3.63) is 17.7 Å². The molecule has 18 heavy (non-hydrogen) atoms. The van der Waals surface area contributed by atoms with Crippen LogP contribution in [0.1, 0.15) is 11.6 Å². The molecule has 0 saturated heterocycles. The van der Waals surface area contributed by atoms with Crippen molar-refractivity contribution in [1.29, 1.82) is 0 Å². The number of rotatable bonds is 3. The molecule has 1 rings (SSSR count). The van der Waals surface area contributed by atoms with Crippen LogP contribution in [0.5, 0.6) is 17.2 Å². The smallest absolute Gasteiger partial charge is 0.407 e. The molecule has 0 saturated carbocycles. The number of halogens is 4. The molecule has 0 amide bonds. The monoisotopic (exact) mass is 287 g/mol. The Hall–Kier alpha value is -1.34. The lowest BCUT2D eigenvalue weighted by Crippen LogP contribution is -2.28. The maximum Gasteiger partial charge on any atom is 0.407 e. The molecule has 1 aromatic carbocycles. The Balaban J connectivity index is 0.00000289. The van der Waals surface area contributed by atoms with Crippen molar-refractivity contribution >= 4 is 12.4 Å². The molecule has 0 spiro atoms. The first-order valence-electron chi connectivity index (χ1n) is 4.58. The predicted molar refractivity (Wildman–Crippen MR) is 61.4 cm³/mol. The first-order chi connectivity index (χ1) is 7.81. The summed E-state index contributed by atoms with van der Waals surface area (Å²) in [5, 5.41) is 9.53. The van der Waals surface area contributed by atoms with Crippen LogP contribution in [0.4, 0.5) is 13.2 Å². The molecule has 0 aromatic heterocycles. The number of hydrogen-bond acceptors (Lipinski definition) is 4. The van der Waals surface area contributed by atoms with Gasteiger partial charge in [0, 0.05) is 0 Å². The van der Waals surface area contributed by atoms with Crippen molar-refractivity contribution in [2.45, 2.75) is 12.2 Å². The van der Waals surface area contributed by atoms with E-state index in [1.165, 1.54) is 14.2 Å². The van der Waals surface area contributed by atoms with Crippen LogP contribution in [0.3, 0.4) is 0 Å². The van der Waals surface area contributed by atoms with Crippen molar-refractivity contribution in [2.24, 2.45) is 5.73 Å². The molecule has 0 fully saturated rings. The van der Waals surface area contributed by atoms with E-state index < -0.39 is 12.2 Å². The fourth-order valence-electron chi connectivity index (χ4n) is 1.28. The number of alkyl halides is 3. The molecule has 0 bridgehead atoms. The minimum absolute atomic E-state index is 0. The minimum Gasteiger partial charge on any atom is -0.502 e. The van der Waals surface area contributed by atoms with Crippen LogP contribution in [-0.2, 0) is 0 Å². The molecule has 0 radical (unpaired) electrons. The van der Waals surface area contributed by atoms with E-state index in [2.05, 4.69) is 0 Å². The molecule has 4 nitrogen and oxygen atoms in total. The Morgan fingerprint density at radius 2 is 1.56 bits per heavy atom. The molecule has 104 valence electrons. The fraction of sp³-hybridized carbons (Fsp3) is 0.400. The van der Waals surface area contributed by atoms with Crippen LogP contribution in [0.2, 0.25) is 0 Å². The summed E-state index contributed by atoms with van der Waals surface area (Å²) in [6, 6.07) is -0.114. The number of hydrogen-bond donors (Lipinski definition) is 2. The lowest BCUT2D eigenvalue weighted by Gasteiger charge is -2.18. The Morgan fingerprint density at radius 3 is 1.83 bits per heavy atom. The van der Waals surface area contributed by atoms with E-state index in [4.69, 9.17) is 15.2 Å². The second-order valence-electron chi connectivity index (χ2n) is 3.29. The van der Waals surface area contributed by atoms with Gasteiger partial charge in [0.1, 0.15) is 6.04 Å². The van der Waals surface area contributed by atoms with Gasteiger partial charge in [-0.1, -0.05) is 0 Å². The summed E-state index contributed by atoms with van der Waals surface area (Å²) in [6.45, 7) is 0.